The van der Waals surface area contributed by atoms with Gasteiger partial charge in [0.15, 0.2) is 5.82 Å². The molecule has 7 heteroatoms. The SMILES string of the molecule is COc1cnnc(N(C)C2CCN(c3nc(C)c(CC(C)C)c(C)n3)CC2)c1. The molecular formula is C21H32N6O. The highest BCUT2D eigenvalue weighted by molar-refractivity contribution is 5.43. The molecule has 0 bridgehead atoms. The van der Waals surface area contributed by atoms with Gasteiger partial charge in [0.1, 0.15) is 5.75 Å². The minimum Gasteiger partial charge on any atom is -0.495 e. The molecule has 0 aliphatic carbocycles. The molecule has 0 radical (unpaired) electrons. The summed E-state index contributed by atoms with van der Waals surface area (Å²) < 4.78 is 5.27. The van der Waals surface area contributed by atoms with Crippen LogP contribution in [0.3, 0.4) is 0 Å². The Morgan fingerprint density at radius 2 is 1.82 bits per heavy atom. The topological polar surface area (TPSA) is 67.3 Å². The summed E-state index contributed by atoms with van der Waals surface area (Å²) in [6.07, 6.45) is 4.73. The second-order valence-corrected chi connectivity index (χ2v) is 8.05. The maximum absolute atomic E-state index is 5.27. The molecule has 7 nitrogen and oxygen atoms in total. The number of aromatic nitrogens is 4. The molecule has 1 fully saturated rings. The van der Waals surface area contributed by atoms with E-state index >= 15 is 0 Å². The molecule has 1 saturated heterocycles. The van der Waals surface area contributed by atoms with E-state index < -0.39 is 0 Å². The van der Waals surface area contributed by atoms with Crippen LogP contribution in [0, 0.1) is 19.8 Å². The summed E-state index contributed by atoms with van der Waals surface area (Å²) in [5.41, 5.74) is 3.52. The van der Waals surface area contributed by atoms with Crippen LogP contribution < -0.4 is 14.5 Å². The predicted molar refractivity (Wildman–Crippen MR) is 112 cm³/mol. The molecule has 0 atom stereocenters. The van der Waals surface area contributed by atoms with Gasteiger partial charge in [-0.15, -0.1) is 5.10 Å². The fourth-order valence-corrected chi connectivity index (χ4v) is 3.83. The molecule has 3 rings (SSSR count). The van der Waals surface area contributed by atoms with Crippen molar-refractivity contribution in [2.75, 3.05) is 37.0 Å². The molecule has 3 heterocycles. The molecule has 0 unspecified atom stereocenters. The second kappa shape index (κ2) is 8.71. The summed E-state index contributed by atoms with van der Waals surface area (Å²) in [4.78, 5) is 14.2. The van der Waals surface area contributed by atoms with E-state index in [2.05, 4.69) is 54.7 Å². The Hall–Kier alpha value is -2.44. The van der Waals surface area contributed by atoms with Crippen LogP contribution in [-0.4, -0.2) is 53.5 Å². The van der Waals surface area contributed by atoms with Gasteiger partial charge < -0.3 is 14.5 Å². The fraction of sp³-hybridized carbons (Fsp3) is 0.619. The Balaban J connectivity index is 1.66. The third kappa shape index (κ3) is 4.51. The zero-order chi connectivity index (χ0) is 20.3. The lowest BCUT2D eigenvalue weighted by molar-refractivity contribution is 0.410. The molecule has 0 N–H and O–H groups in total. The first-order chi connectivity index (χ1) is 13.4. The van der Waals surface area contributed by atoms with Crippen molar-refractivity contribution in [2.24, 2.45) is 5.92 Å². The van der Waals surface area contributed by atoms with Crippen LogP contribution in [0.2, 0.25) is 0 Å². The van der Waals surface area contributed by atoms with Gasteiger partial charge in [0.25, 0.3) is 0 Å². The number of hydrogen-bond donors (Lipinski definition) is 0. The predicted octanol–water partition coefficient (Wildman–Crippen LogP) is 3.20. The number of piperidine rings is 1. The molecule has 152 valence electrons. The van der Waals surface area contributed by atoms with Gasteiger partial charge in [0.2, 0.25) is 5.95 Å². The first kappa shape index (κ1) is 20.3. The average Bonchev–Trinajstić information content (AvgIpc) is 2.70. The lowest BCUT2D eigenvalue weighted by Gasteiger charge is -2.37. The maximum atomic E-state index is 5.27. The minimum absolute atomic E-state index is 0.417. The van der Waals surface area contributed by atoms with Crippen molar-refractivity contribution < 1.29 is 4.74 Å². The van der Waals surface area contributed by atoms with Crippen molar-refractivity contribution in [3.8, 4) is 5.75 Å². The highest BCUT2D eigenvalue weighted by Crippen LogP contribution is 2.25. The zero-order valence-corrected chi connectivity index (χ0v) is 17.9. The normalized spacial score (nSPS) is 15.2. The number of methoxy groups -OCH3 is 1. The van der Waals surface area contributed by atoms with E-state index in [1.54, 1.807) is 13.3 Å². The van der Waals surface area contributed by atoms with E-state index in [0.717, 1.165) is 61.3 Å². The number of hydrogen-bond acceptors (Lipinski definition) is 7. The molecule has 0 amide bonds. The number of anilines is 2. The molecule has 0 spiro atoms. The summed E-state index contributed by atoms with van der Waals surface area (Å²) in [5.74, 6) is 3.05. The van der Waals surface area contributed by atoms with E-state index in [1.165, 1.54) is 5.56 Å². The summed E-state index contributed by atoms with van der Waals surface area (Å²) >= 11 is 0. The number of aryl methyl sites for hydroxylation is 2. The molecule has 2 aromatic rings. The van der Waals surface area contributed by atoms with Crippen LogP contribution in [0.25, 0.3) is 0 Å². The van der Waals surface area contributed by atoms with Crippen molar-refractivity contribution in [3.05, 3.63) is 29.2 Å². The summed E-state index contributed by atoms with van der Waals surface area (Å²) in [5, 5.41) is 8.29. The summed E-state index contributed by atoms with van der Waals surface area (Å²) in [6, 6.07) is 2.35. The monoisotopic (exact) mass is 384 g/mol. The van der Waals surface area contributed by atoms with Crippen LogP contribution in [0.5, 0.6) is 5.75 Å². The highest BCUT2D eigenvalue weighted by Gasteiger charge is 2.25. The molecule has 28 heavy (non-hydrogen) atoms. The van der Waals surface area contributed by atoms with Gasteiger partial charge in [-0.05, 0) is 44.6 Å². The molecule has 1 aliphatic rings. The Morgan fingerprint density at radius 1 is 1.18 bits per heavy atom. The highest BCUT2D eigenvalue weighted by atomic mass is 16.5. The molecule has 2 aromatic heterocycles. The smallest absolute Gasteiger partial charge is 0.225 e. The van der Waals surface area contributed by atoms with Crippen molar-refractivity contribution >= 4 is 11.8 Å². The first-order valence-electron chi connectivity index (χ1n) is 10.1. The fourth-order valence-electron chi connectivity index (χ4n) is 3.83. The minimum atomic E-state index is 0.417. The second-order valence-electron chi connectivity index (χ2n) is 8.05. The number of nitrogens with zero attached hydrogens (tertiary/aromatic N) is 6. The lowest BCUT2D eigenvalue weighted by Crippen LogP contribution is -2.44. The number of ether oxygens (including phenoxy) is 1. The molecule has 0 aromatic carbocycles. The maximum Gasteiger partial charge on any atom is 0.225 e. The third-order valence-corrected chi connectivity index (χ3v) is 5.53. The van der Waals surface area contributed by atoms with Gasteiger partial charge in [0.05, 0.1) is 13.3 Å². The Bertz CT molecular complexity index is 778. The third-order valence-electron chi connectivity index (χ3n) is 5.53. The van der Waals surface area contributed by atoms with Gasteiger partial charge in [-0.2, -0.15) is 5.10 Å². The van der Waals surface area contributed by atoms with Crippen molar-refractivity contribution in [3.63, 3.8) is 0 Å². The van der Waals surface area contributed by atoms with Gasteiger partial charge in [-0.25, -0.2) is 9.97 Å². The Kier molecular flexibility index (Phi) is 6.31. The molecule has 1 aliphatic heterocycles. The van der Waals surface area contributed by atoms with E-state index in [4.69, 9.17) is 14.7 Å². The van der Waals surface area contributed by atoms with E-state index in [-0.39, 0.29) is 0 Å². The van der Waals surface area contributed by atoms with Crippen LogP contribution >= 0.6 is 0 Å². The average molecular weight is 385 g/mol. The summed E-state index contributed by atoms with van der Waals surface area (Å²) in [6.45, 7) is 10.6. The quantitative estimate of drug-likeness (QED) is 0.757. The van der Waals surface area contributed by atoms with Crippen molar-refractivity contribution in [2.45, 2.75) is 53.0 Å². The largest absolute Gasteiger partial charge is 0.495 e. The first-order valence-corrected chi connectivity index (χ1v) is 10.1. The Labute approximate surface area is 168 Å². The van der Waals surface area contributed by atoms with Crippen LogP contribution in [0.1, 0.15) is 43.6 Å². The van der Waals surface area contributed by atoms with Crippen LogP contribution in [0.15, 0.2) is 12.3 Å². The molecular weight excluding hydrogens is 352 g/mol. The standard InChI is InChI=1S/C21H32N6O/c1-14(2)11-19-15(3)23-21(24-16(19)4)27-9-7-17(8-10-27)26(5)20-12-18(28-6)13-22-25-20/h12-14,17H,7-11H2,1-6H3. The van der Waals surface area contributed by atoms with Crippen molar-refractivity contribution in [1.82, 2.24) is 20.2 Å². The van der Waals surface area contributed by atoms with Crippen LogP contribution in [0.4, 0.5) is 11.8 Å². The van der Waals surface area contributed by atoms with E-state index in [9.17, 15) is 0 Å². The molecule has 0 saturated carbocycles. The van der Waals surface area contributed by atoms with Crippen LogP contribution in [-0.2, 0) is 6.42 Å². The van der Waals surface area contributed by atoms with E-state index in [0.29, 0.717) is 12.0 Å². The van der Waals surface area contributed by atoms with Gasteiger partial charge in [-0.3, -0.25) is 0 Å². The summed E-state index contributed by atoms with van der Waals surface area (Å²) in [7, 11) is 3.73. The van der Waals surface area contributed by atoms with Gasteiger partial charge in [-0.1, -0.05) is 13.8 Å². The van der Waals surface area contributed by atoms with Gasteiger partial charge >= 0.3 is 0 Å². The lowest BCUT2D eigenvalue weighted by atomic mass is 10.0. The van der Waals surface area contributed by atoms with Gasteiger partial charge in [0, 0.05) is 43.6 Å². The zero-order valence-electron chi connectivity index (χ0n) is 17.9. The number of rotatable bonds is 6. The van der Waals surface area contributed by atoms with E-state index in [1.807, 2.05) is 6.07 Å². The van der Waals surface area contributed by atoms with Crippen molar-refractivity contribution in [1.29, 1.82) is 0 Å². The Morgan fingerprint density at radius 3 is 2.39 bits per heavy atom.